The van der Waals surface area contributed by atoms with Crippen molar-refractivity contribution < 1.29 is 4.79 Å². The summed E-state index contributed by atoms with van der Waals surface area (Å²) in [4.78, 5) is 17.9. The van der Waals surface area contributed by atoms with Crippen LogP contribution in [0, 0.1) is 24.7 Å². The summed E-state index contributed by atoms with van der Waals surface area (Å²) in [7, 11) is 2.03. The van der Waals surface area contributed by atoms with Crippen LogP contribution in [0.1, 0.15) is 128 Å². The van der Waals surface area contributed by atoms with Gasteiger partial charge in [-0.25, -0.2) is 0 Å². The molecule has 3 aliphatic rings. The molecule has 0 saturated heterocycles. The lowest BCUT2D eigenvalue weighted by atomic mass is 9.72. The Labute approximate surface area is 264 Å². The lowest BCUT2D eigenvalue weighted by Crippen LogP contribution is -2.24. The standard InChI is InChI=1S/C39H50N4O/c1-6-33(30-18-19-30)35-27(4)34(20-17-28-12-8-7-11-25(2)21-28)41-37(35)38(44)26(3)22-29-13-9-16-32(23-29)36(31-14-10-15-31)39-42-40-24-43(39)5/h6,9,12-13,16,23-25,30-31,36,41H,3,7-8,10-11,14-15,17-22H2,1-2,4-5H3/b33-6-/t25-,36+/m0/s1. The molecule has 0 spiro atoms. The average molecular weight is 591 g/mol. The number of allylic oxidation sites excluding steroid dienone is 5. The second-order valence-electron chi connectivity index (χ2n) is 13.9. The second kappa shape index (κ2) is 13.3. The molecule has 5 heteroatoms. The van der Waals surface area contributed by atoms with Gasteiger partial charge in [-0.05, 0) is 117 Å². The van der Waals surface area contributed by atoms with Crippen LogP contribution in [-0.4, -0.2) is 25.5 Å². The first-order valence-corrected chi connectivity index (χ1v) is 17.0. The molecule has 0 radical (unpaired) electrons. The van der Waals surface area contributed by atoms with Gasteiger partial charge in [0.1, 0.15) is 12.2 Å². The minimum absolute atomic E-state index is 0.0471. The molecule has 1 N–H and O–H groups in total. The maximum atomic E-state index is 14.2. The topological polar surface area (TPSA) is 63.6 Å². The zero-order valence-corrected chi connectivity index (χ0v) is 27.3. The van der Waals surface area contributed by atoms with E-state index in [1.54, 1.807) is 11.9 Å². The van der Waals surface area contributed by atoms with Crippen molar-refractivity contribution in [2.24, 2.45) is 24.8 Å². The second-order valence-corrected chi connectivity index (χ2v) is 13.9. The molecule has 2 heterocycles. The van der Waals surface area contributed by atoms with Crippen LogP contribution >= 0.6 is 0 Å². The molecule has 0 unspecified atom stereocenters. The Balaban J connectivity index is 1.24. The zero-order chi connectivity index (χ0) is 30.8. The normalized spacial score (nSPS) is 20.1. The summed E-state index contributed by atoms with van der Waals surface area (Å²) >= 11 is 0. The lowest BCUT2D eigenvalue weighted by molar-refractivity contribution is 0.102. The van der Waals surface area contributed by atoms with Crippen molar-refractivity contribution in [1.82, 2.24) is 19.7 Å². The number of hydrogen-bond donors (Lipinski definition) is 1. The molecule has 2 atom stereocenters. The van der Waals surface area contributed by atoms with E-state index in [1.807, 2.05) is 7.05 Å². The highest BCUT2D eigenvalue weighted by Crippen LogP contribution is 2.45. The van der Waals surface area contributed by atoms with E-state index in [0.717, 1.165) is 41.4 Å². The van der Waals surface area contributed by atoms with Crippen LogP contribution in [0.4, 0.5) is 0 Å². The summed E-state index contributed by atoms with van der Waals surface area (Å²) in [5.41, 5.74) is 10.3. The summed E-state index contributed by atoms with van der Waals surface area (Å²) in [6.45, 7) is 11.1. The number of aromatic amines is 1. The first-order chi connectivity index (χ1) is 21.3. The van der Waals surface area contributed by atoms with Crippen molar-refractivity contribution in [3.63, 3.8) is 0 Å². The number of ketones is 1. The van der Waals surface area contributed by atoms with E-state index in [1.165, 1.54) is 80.2 Å². The quantitative estimate of drug-likeness (QED) is 0.130. The van der Waals surface area contributed by atoms with Crippen LogP contribution in [0.3, 0.4) is 0 Å². The van der Waals surface area contributed by atoms with Gasteiger partial charge >= 0.3 is 0 Å². The van der Waals surface area contributed by atoms with Crippen molar-refractivity contribution in [3.8, 4) is 0 Å². The van der Waals surface area contributed by atoms with Crippen LogP contribution in [0.25, 0.3) is 5.57 Å². The van der Waals surface area contributed by atoms with Gasteiger partial charge in [0.2, 0.25) is 5.78 Å². The number of carbonyl (C=O) groups excluding carboxylic acids is 1. The van der Waals surface area contributed by atoms with Gasteiger partial charge in [0.15, 0.2) is 0 Å². The Kier molecular flexibility index (Phi) is 9.21. The molecule has 232 valence electrons. The van der Waals surface area contributed by atoms with Gasteiger partial charge in [-0.15, -0.1) is 10.2 Å². The molecular weight excluding hydrogens is 540 g/mol. The molecule has 2 saturated carbocycles. The molecular formula is C39H50N4O. The third-order valence-corrected chi connectivity index (χ3v) is 10.5. The van der Waals surface area contributed by atoms with Gasteiger partial charge < -0.3 is 9.55 Å². The highest BCUT2D eigenvalue weighted by molar-refractivity contribution is 6.10. The Morgan fingerprint density at radius 3 is 2.66 bits per heavy atom. The number of benzene rings is 1. The van der Waals surface area contributed by atoms with Gasteiger partial charge in [0.25, 0.3) is 0 Å². The minimum Gasteiger partial charge on any atom is -0.355 e. The SMILES string of the molecule is C=C(Cc1cccc([C@H](c2nncn2C)C2CCC2)c1)C(=O)c1[nH]c(CCC2=CCCC[C@H](C)C2)c(C)c1/C(=C\C)C1CC1. The van der Waals surface area contributed by atoms with Crippen molar-refractivity contribution in [2.75, 3.05) is 0 Å². The Hall–Kier alpha value is -3.47. The predicted molar refractivity (Wildman–Crippen MR) is 180 cm³/mol. The van der Waals surface area contributed by atoms with E-state index in [2.05, 4.69) is 83.5 Å². The number of Topliss-reactive ketones (excluding diaryl/α,β-unsaturated/α-hetero) is 1. The molecule has 2 fully saturated rings. The van der Waals surface area contributed by atoms with Gasteiger partial charge in [0.05, 0.1) is 5.69 Å². The van der Waals surface area contributed by atoms with Crippen molar-refractivity contribution >= 4 is 11.4 Å². The third-order valence-electron chi connectivity index (χ3n) is 10.5. The molecule has 3 aliphatic carbocycles. The number of nitrogens with zero attached hydrogens (tertiary/aromatic N) is 3. The lowest BCUT2D eigenvalue weighted by Gasteiger charge is -2.33. The number of aromatic nitrogens is 4. The molecule has 6 rings (SSSR count). The maximum Gasteiger partial charge on any atom is 0.205 e. The van der Waals surface area contributed by atoms with Crippen molar-refractivity contribution in [2.45, 2.75) is 104 Å². The molecule has 0 aliphatic heterocycles. The largest absolute Gasteiger partial charge is 0.355 e. The Bertz CT molecular complexity index is 1570. The first kappa shape index (κ1) is 30.6. The first-order valence-electron chi connectivity index (χ1n) is 17.0. The number of nitrogens with one attached hydrogen (secondary N) is 1. The Morgan fingerprint density at radius 2 is 1.98 bits per heavy atom. The van der Waals surface area contributed by atoms with Gasteiger partial charge in [-0.1, -0.05) is 68.3 Å². The number of carbonyl (C=O) groups is 1. The summed E-state index contributed by atoms with van der Waals surface area (Å²) in [6, 6.07) is 8.74. The molecule has 0 amide bonds. The fourth-order valence-corrected chi connectivity index (χ4v) is 7.68. The van der Waals surface area contributed by atoms with E-state index in [9.17, 15) is 4.79 Å². The number of rotatable bonds is 12. The number of H-pyrrole nitrogens is 1. The maximum absolute atomic E-state index is 14.2. The van der Waals surface area contributed by atoms with Gasteiger partial charge in [-0.3, -0.25) is 4.79 Å². The van der Waals surface area contributed by atoms with Crippen molar-refractivity contribution in [3.05, 3.63) is 99.9 Å². The fraction of sp³-hybridized carbons (Fsp3) is 0.513. The average Bonchev–Trinajstić information content (AvgIpc) is 3.71. The summed E-state index contributed by atoms with van der Waals surface area (Å²) < 4.78 is 2.05. The van der Waals surface area contributed by atoms with Crippen molar-refractivity contribution in [1.29, 1.82) is 0 Å². The van der Waals surface area contributed by atoms with Crippen LogP contribution in [0.2, 0.25) is 0 Å². The van der Waals surface area contributed by atoms with E-state index in [0.29, 0.717) is 23.8 Å². The zero-order valence-electron chi connectivity index (χ0n) is 27.3. The molecule has 0 bridgehead atoms. The van der Waals surface area contributed by atoms with Crippen LogP contribution in [-0.2, 0) is 19.9 Å². The Morgan fingerprint density at radius 1 is 1.16 bits per heavy atom. The summed E-state index contributed by atoms with van der Waals surface area (Å²) in [5.74, 6) is 3.20. The van der Waals surface area contributed by atoms with Crippen LogP contribution in [0.15, 0.2) is 60.5 Å². The smallest absolute Gasteiger partial charge is 0.205 e. The number of hydrogen-bond acceptors (Lipinski definition) is 3. The molecule has 44 heavy (non-hydrogen) atoms. The van der Waals surface area contributed by atoms with Gasteiger partial charge in [0, 0.05) is 30.6 Å². The summed E-state index contributed by atoms with van der Waals surface area (Å²) in [6.07, 6.45) is 20.2. The monoisotopic (exact) mass is 590 g/mol. The van der Waals surface area contributed by atoms with Crippen LogP contribution in [0.5, 0.6) is 0 Å². The fourth-order valence-electron chi connectivity index (χ4n) is 7.68. The molecule has 5 nitrogen and oxygen atoms in total. The molecule has 3 aromatic rings. The highest BCUT2D eigenvalue weighted by Gasteiger charge is 2.34. The van der Waals surface area contributed by atoms with E-state index < -0.39 is 0 Å². The molecule has 1 aromatic carbocycles. The summed E-state index contributed by atoms with van der Waals surface area (Å²) in [5, 5.41) is 8.68. The highest BCUT2D eigenvalue weighted by atomic mass is 16.1. The van der Waals surface area contributed by atoms with Gasteiger partial charge in [-0.2, -0.15) is 0 Å². The number of aryl methyl sites for hydroxylation is 2. The predicted octanol–water partition coefficient (Wildman–Crippen LogP) is 9.25. The minimum atomic E-state index is 0.0471. The molecule has 2 aromatic heterocycles. The van der Waals surface area contributed by atoms with E-state index >= 15 is 0 Å². The third kappa shape index (κ3) is 6.48. The van der Waals surface area contributed by atoms with E-state index in [4.69, 9.17) is 0 Å². The van der Waals surface area contributed by atoms with Crippen LogP contribution < -0.4 is 0 Å². The van der Waals surface area contributed by atoms with E-state index in [-0.39, 0.29) is 11.7 Å².